The number of rotatable bonds is 7. The Labute approximate surface area is 119 Å². The molecule has 0 saturated heterocycles. The molecular weight excluding hydrogens is 256 g/mol. The zero-order valence-corrected chi connectivity index (χ0v) is 11.8. The van der Waals surface area contributed by atoms with Crippen molar-refractivity contribution in [3.8, 4) is 0 Å². The van der Waals surface area contributed by atoms with Crippen molar-refractivity contribution >= 4 is 17.9 Å². The molecule has 0 fully saturated rings. The van der Waals surface area contributed by atoms with Crippen LogP contribution in [-0.4, -0.2) is 31.6 Å². The van der Waals surface area contributed by atoms with Gasteiger partial charge in [-0.25, -0.2) is 0 Å². The predicted molar refractivity (Wildman–Crippen MR) is 77.9 cm³/mol. The van der Waals surface area contributed by atoms with Gasteiger partial charge >= 0.3 is 0 Å². The smallest absolute Gasteiger partial charge is 0.245 e. The molecule has 1 rings (SSSR count). The molecule has 0 aromatic heterocycles. The van der Waals surface area contributed by atoms with E-state index in [4.69, 9.17) is 4.74 Å². The normalized spacial score (nSPS) is 11.5. The number of carbonyl (C=O) groups excluding carboxylic acids is 2. The van der Waals surface area contributed by atoms with Crippen LogP contribution >= 0.6 is 0 Å². The zero-order valence-electron chi connectivity index (χ0n) is 11.8. The Hall–Kier alpha value is -2.14. The molecule has 0 aliphatic carbocycles. The summed E-state index contributed by atoms with van der Waals surface area (Å²) in [6.45, 7) is 5.59. The largest absolute Gasteiger partial charge is 0.382 e. The summed E-state index contributed by atoms with van der Waals surface area (Å²) in [6.07, 6.45) is 1.76. The zero-order chi connectivity index (χ0) is 15.0. The monoisotopic (exact) mass is 276 g/mol. The van der Waals surface area contributed by atoms with Gasteiger partial charge in [0, 0.05) is 20.6 Å². The van der Waals surface area contributed by atoms with E-state index in [1.807, 2.05) is 24.3 Å². The molecule has 0 radical (unpaired) electrons. The Morgan fingerprint density at radius 2 is 2.00 bits per heavy atom. The van der Waals surface area contributed by atoms with Gasteiger partial charge in [-0.1, -0.05) is 36.9 Å². The number of hydrogen-bond donors (Lipinski definition) is 2. The SMILES string of the molecule is C=Cc1ccc(CNC(=O)[C@@H](COC)NC(C)=O)cc1. The highest BCUT2D eigenvalue weighted by Crippen LogP contribution is 2.05. The first-order valence-electron chi connectivity index (χ1n) is 6.32. The molecule has 5 nitrogen and oxygen atoms in total. The second-order valence-electron chi connectivity index (χ2n) is 4.37. The van der Waals surface area contributed by atoms with Gasteiger partial charge in [-0.05, 0) is 11.1 Å². The van der Waals surface area contributed by atoms with E-state index in [1.54, 1.807) is 6.08 Å². The van der Waals surface area contributed by atoms with E-state index in [0.29, 0.717) is 6.54 Å². The van der Waals surface area contributed by atoms with E-state index in [1.165, 1.54) is 14.0 Å². The Bertz CT molecular complexity index is 469. The molecule has 2 N–H and O–H groups in total. The number of ether oxygens (including phenoxy) is 1. The minimum Gasteiger partial charge on any atom is -0.382 e. The molecule has 0 saturated carbocycles. The van der Waals surface area contributed by atoms with E-state index in [2.05, 4.69) is 17.2 Å². The molecule has 0 aliphatic heterocycles. The highest BCUT2D eigenvalue weighted by atomic mass is 16.5. The third-order valence-corrected chi connectivity index (χ3v) is 2.71. The van der Waals surface area contributed by atoms with Crippen molar-refractivity contribution in [3.63, 3.8) is 0 Å². The molecule has 20 heavy (non-hydrogen) atoms. The van der Waals surface area contributed by atoms with Crippen molar-refractivity contribution in [2.45, 2.75) is 19.5 Å². The molecule has 108 valence electrons. The Balaban J connectivity index is 2.54. The van der Waals surface area contributed by atoms with Crippen molar-refractivity contribution < 1.29 is 14.3 Å². The Morgan fingerprint density at radius 3 is 2.50 bits per heavy atom. The van der Waals surface area contributed by atoms with Crippen LogP contribution in [-0.2, 0) is 20.9 Å². The quantitative estimate of drug-likeness (QED) is 0.783. The maximum absolute atomic E-state index is 11.9. The molecule has 0 spiro atoms. The minimum atomic E-state index is -0.676. The first-order chi connectivity index (χ1) is 9.56. The first kappa shape index (κ1) is 15.9. The summed E-state index contributed by atoms with van der Waals surface area (Å²) in [5, 5.41) is 5.31. The summed E-state index contributed by atoms with van der Waals surface area (Å²) >= 11 is 0. The molecule has 1 atom stereocenters. The average molecular weight is 276 g/mol. The van der Waals surface area contributed by atoms with Gasteiger partial charge in [0.05, 0.1) is 6.61 Å². The second kappa shape index (κ2) is 8.12. The standard InChI is InChI=1S/C15H20N2O3/c1-4-12-5-7-13(8-6-12)9-16-15(19)14(10-20-3)17-11(2)18/h4-8,14H,1,9-10H2,2-3H3,(H,16,19)(H,17,18)/t14-/m1/s1. The summed E-state index contributed by atoms with van der Waals surface area (Å²) in [4.78, 5) is 23.0. The van der Waals surface area contributed by atoms with Crippen LogP contribution in [0.4, 0.5) is 0 Å². The van der Waals surface area contributed by atoms with Gasteiger partial charge in [0.25, 0.3) is 0 Å². The maximum Gasteiger partial charge on any atom is 0.245 e. The topological polar surface area (TPSA) is 67.4 Å². The lowest BCUT2D eigenvalue weighted by atomic mass is 10.1. The number of hydrogen-bond acceptors (Lipinski definition) is 3. The second-order valence-corrected chi connectivity index (χ2v) is 4.37. The number of carbonyl (C=O) groups is 2. The lowest BCUT2D eigenvalue weighted by Crippen LogP contribution is -2.48. The first-order valence-corrected chi connectivity index (χ1v) is 6.32. The highest BCUT2D eigenvalue weighted by Gasteiger charge is 2.18. The van der Waals surface area contributed by atoms with E-state index in [9.17, 15) is 9.59 Å². The number of amides is 2. The van der Waals surface area contributed by atoms with Crippen LogP contribution < -0.4 is 10.6 Å². The van der Waals surface area contributed by atoms with Crippen LogP contribution in [0.1, 0.15) is 18.1 Å². The summed E-state index contributed by atoms with van der Waals surface area (Å²) in [5.74, 6) is -0.535. The molecule has 0 bridgehead atoms. The van der Waals surface area contributed by atoms with Crippen molar-refractivity contribution in [1.82, 2.24) is 10.6 Å². The van der Waals surface area contributed by atoms with Crippen LogP contribution in [0.2, 0.25) is 0 Å². The third kappa shape index (κ3) is 5.24. The number of nitrogens with one attached hydrogen (secondary N) is 2. The molecule has 1 aromatic rings. The van der Waals surface area contributed by atoms with Gasteiger partial charge in [-0.3, -0.25) is 9.59 Å². The molecule has 0 aliphatic rings. The van der Waals surface area contributed by atoms with E-state index in [-0.39, 0.29) is 18.4 Å². The van der Waals surface area contributed by atoms with Crippen LogP contribution in [0.5, 0.6) is 0 Å². The highest BCUT2D eigenvalue weighted by molar-refractivity contribution is 5.86. The third-order valence-electron chi connectivity index (χ3n) is 2.71. The van der Waals surface area contributed by atoms with Gasteiger partial charge in [0.15, 0.2) is 0 Å². The maximum atomic E-state index is 11.9. The molecule has 1 aromatic carbocycles. The Kier molecular flexibility index (Phi) is 6.46. The van der Waals surface area contributed by atoms with Gasteiger partial charge in [0.2, 0.25) is 11.8 Å². The van der Waals surface area contributed by atoms with Crippen molar-refractivity contribution in [2.75, 3.05) is 13.7 Å². The summed E-state index contributed by atoms with van der Waals surface area (Å²) < 4.78 is 4.92. The van der Waals surface area contributed by atoms with Crippen LogP contribution in [0, 0.1) is 0 Å². The lowest BCUT2D eigenvalue weighted by molar-refractivity contribution is -0.129. The van der Waals surface area contributed by atoms with E-state index in [0.717, 1.165) is 11.1 Å². The van der Waals surface area contributed by atoms with Gasteiger partial charge in [-0.15, -0.1) is 0 Å². The van der Waals surface area contributed by atoms with Crippen LogP contribution in [0.25, 0.3) is 6.08 Å². The predicted octanol–water partition coefficient (Wildman–Crippen LogP) is 1.10. The summed E-state index contributed by atoms with van der Waals surface area (Å²) in [6, 6.07) is 7.01. The molecule has 5 heteroatoms. The summed E-state index contributed by atoms with van der Waals surface area (Å²) in [7, 11) is 1.48. The average Bonchev–Trinajstić information content (AvgIpc) is 2.44. The van der Waals surface area contributed by atoms with Crippen molar-refractivity contribution in [2.24, 2.45) is 0 Å². The van der Waals surface area contributed by atoms with Crippen molar-refractivity contribution in [3.05, 3.63) is 42.0 Å². The van der Waals surface area contributed by atoms with Gasteiger partial charge in [0.1, 0.15) is 6.04 Å². The van der Waals surface area contributed by atoms with Crippen LogP contribution in [0.15, 0.2) is 30.8 Å². The molecular formula is C15H20N2O3. The van der Waals surface area contributed by atoms with Crippen LogP contribution in [0.3, 0.4) is 0 Å². The van der Waals surface area contributed by atoms with E-state index >= 15 is 0 Å². The van der Waals surface area contributed by atoms with Gasteiger partial charge < -0.3 is 15.4 Å². The minimum absolute atomic E-state index is 0.140. The van der Waals surface area contributed by atoms with E-state index < -0.39 is 6.04 Å². The fourth-order valence-corrected chi connectivity index (χ4v) is 1.68. The molecule has 0 unspecified atom stereocenters. The Morgan fingerprint density at radius 1 is 1.35 bits per heavy atom. The fraction of sp³-hybridized carbons (Fsp3) is 0.333. The van der Waals surface area contributed by atoms with Crippen molar-refractivity contribution in [1.29, 1.82) is 0 Å². The molecule has 2 amide bonds. The summed E-state index contributed by atoms with van der Waals surface area (Å²) in [5.41, 5.74) is 2.00. The lowest BCUT2D eigenvalue weighted by Gasteiger charge is -2.16. The number of methoxy groups -OCH3 is 1. The molecule has 0 heterocycles. The number of benzene rings is 1. The van der Waals surface area contributed by atoms with Gasteiger partial charge in [-0.2, -0.15) is 0 Å². The fourth-order valence-electron chi connectivity index (χ4n) is 1.68.